The molecule has 1 saturated carbocycles. The van der Waals surface area contributed by atoms with E-state index in [0.717, 1.165) is 25.7 Å². The molecule has 1 N–H and O–H groups in total. The van der Waals surface area contributed by atoms with Crippen molar-refractivity contribution in [3.8, 4) is 0 Å². The molecule has 3 heterocycles. The summed E-state index contributed by atoms with van der Waals surface area (Å²) in [6.45, 7) is 3.88. The molecule has 0 unspecified atom stereocenters. The SMILES string of the molecule is Cc1nn2cccnc2c1C(=O)Nc1cn(C2CCC(C)CC2)nc1C(F)F. The van der Waals surface area contributed by atoms with Crippen LogP contribution >= 0.6 is 0 Å². The van der Waals surface area contributed by atoms with Crippen molar-refractivity contribution in [2.45, 2.75) is 52.0 Å². The standard InChI is InChI=1S/C19H22F2N6O/c1-11-4-6-13(7-5-11)27-10-14(16(25-27)17(20)21)23-19(28)15-12(2)24-26-9-3-8-22-18(15)26/h3,8-11,13,17H,4-7H2,1-2H3,(H,23,28). The molecule has 4 rings (SSSR count). The Balaban J connectivity index is 1.63. The third-order valence-corrected chi connectivity index (χ3v) is 5.37. The van der Waals surface area contributed by atoms with E-state index in [1.807, 2.05) is 0 Å². The number of aryl methyl sites for hydroxylation is 1. The fourth-order valence-corrected chi connectivity index (χ4v) is 3.80. The van der Waals surface area contributed by atoms with Crippen LogP contribution in [0.3, 0.4) is 0 Å². The minimum Gasteiger partial charge on any atom is -0.319 e. The molecule has 0 saturated heterocycles. The molecule has 0 radical (unpaired) electrons. The van der Waals surface area contributed by atoms with E-state index >= 15 is 0 Å². The van der Waals surface area contributed by atoms with Crippen LogP contribution in [0.2, 0.25) is 0 Å². The van der Waals surface area contributed by atoms with Crippen LogP contribution in [-0.2, 0) is 0 Å². The molecule has 1 aliphatic rings. The number of alkyl halides is 2. The first-order valence-corrected chi connectivity index (χ1v) is 9.42. The third-order valence-electron chi connectivity index (χ3n) is 5.37. The van der Waals surface area contributed by atoms with Crippen molar-refractivity contribution < 1.29 is 13.6 Å². The predicted octanol–water partition coefficient (Wildman–Crippen LogP) is 4.18. The summed E-state index contributed by atoms with van der Waals surface area (Å²) >= 11 is 0. The van der Waals surface area contributed by atoms with Crippen molar-refractivity contribution in [1.29, 1.82) is 0 Å². The van der Waals surface area contributed by atoms with E-state index < -0.39 is 18.0 Å². The van der Waals surface area contributed by atoms with Gasteiger partial charge in [0.05, 0.1) is 17.4 Å². The van der Waals surface area contributed by atoms with Gasteiger partial charge in [-0.15, -0.1) is 0 Å². The molecule has 1 aliphatic carbocycles. The number of fused-ring (bicyclic) bond motifs is 1. The molecule has 7 nitrogen and oxygen atoms in total. The van der Waals surface area contributed by atoms with Gasteiger partial charge in [0.25, 0.3) is 12.3 Å². The average molecular weight is 388 g/mol. The Hall–Kier alpha value is -2.84. The number of anilines is 1. The highest BCUT2D eigenvalue weighted by molar-refractivity contribution is 6.09. The van der Waals surface area contributed by atoms with Gasteiger partial charge in [0.2, 0.25) is 0 Å². The molecule has 0 aromatic carbocycles. The van der Waals surface area contributed by atoms with E-state index in [0.29, 0.717) is 17.3 Å². The van der Waals surface area contributed by atoms with Crippen LogP contribution in [0, 0.1) is 12.8 Å². The quantitative estimate of drug-likeness (QED) is 0.728. The maximum absolute atomic E-state index is 13.5. The lowest BCUT2D eigenvalue weighted by Crippen LogP contribution is -2.17. The van der Waals surface area contributed by atoms with Crippen LogP contribution in [0.4, 0.5) is 14.5 Å². The minimum atomic E-state index is -2.78. The maximum Gasteiger partial charge on any atom is 0.284 e. The number of nitrogens with one attached hydrogen (secondary N) is 1. The number of halogens is 2. The van der Waals surface area contributed by atoms with Crippen molar-refractivity contribution in [2.24, 2.45) is 5.92 Å². The lowest BCUT2D eigenvalue weighted by Gasteiger charge is -2.26. The molecule has 3 aromatic heterocycles. The highest BCUT2D eigenvalue weighted by Crippen LogP contribution is 2.34. The zero-order valence-corrected chi connectivity index (χ0v) is 15.8. The molecule has 9 heteroatoms. The van der Waals surface area contributed by atoms with Crippen molar-refractivity contribution in [3.05, 3.63) is 41.6 Å². The first kappa shape index (κ1) is 18.5. The smallest absolute Gasteiger partial charge is 0.284 e. The molecule has 0 bridgehead atoms. The molecular weight excluding hydrogens is 366 g/mol. The highest BCUT2D eigenvalue weighted by Gasteiger charge is 2.27. The van der Waals surface area contributed by atoms with Gasteiger partial charge >= 0.3 is 0 Å². The first-order valence-electron chi connectivity index (χ1n) is 9.42. The molecule has 28 heavy (non-hydrogen) atoms. The summed E-state index contributed by atoms with van der Waals surface area (Å²) in [5, 5.41) is 10.9. The summed E-state index contributed by atoms with van der Waals surface area (Å²) in [5.41, 5.74) is 0.746. The van der Waals surface area contributed by atoms with Gasteiger partial charge in [-0.1, -0.05) is 6.92 Å². The number of aromatic nitrogens is 5. The average Bonchev–Trinajstić information content (AvgIpc) is 3.22. The molecule has 1 fully saturated rings. The number of nitrogens with zero attached hydrogens (tertiary/aromatic N) is 5. The number of hydrogen-bond acceptors (Lipinski definition) is 4. The van der Waals surface area contributed by atoms with Crippen LogP contribution in [0.15, 0.2) is 24.7 Å². The maximum atomic E-state index is 13.5. The van der Waals surface area contributed by atoms with Crippen LogP contribution in [0.5, 0.6) is 0 Å². The predicted molar refractivity (Wildman–Crippen MR) is 99.5 cm³/mol. The zero-order chi connectivity index (χ0) is 19.8. The summed E-state index contributed by atoms with van der Waals surface area (Å²) in [4.78, 5) is 17.0. The van der Waals surface area contributed by atoms with Crippen LogP contribution < -0.4 is 5.32 Å². The summed E-state index contributed by atoms with van der Waals surface area (Å²) in [5.74, 6) is 0.122. The van der Waals surface area contributed by atoms with Gasteiger partial charge in [-0.3, -0.25) is 9.48 Å². The van der Waals surface area contributed by atoms with Crippen LogP contribution in [0.25, 0.3) is 5.65 Å². The van der Waals surface area contributed by atoms with Gasteiger partial charge < -0.3 is 5.32 Å². The van der Waals surface area contributed by atoms with Crippen LogP contribution in [-0.4, -0.2) is 30.3 Å². The van der Waals surface area contributed by atoms with Gasteiger partial charge in [-0.05, 0) is 44.6 Å². The summed E-state index contributed by atoms with van der Waals surface area (Å²) in [7, 11) is 0. The van der Waals surface area contributed by atoms with Crippen molar-refractivity contribution in [3.63, 3.8) is 0 Å². The van der Waals surface area contributed by atoms with Gasteiger partial charge in [-0.25, -0.2) is 18.3 Å². The van der Waals surface area contributed by atoms with Gasteiger partial charge in [-0.2, -0.15) is 10.2 Å². The summed E-state index contributed by atoms with van der Waals surface area (Å²) in [6.07, 6.45) is 5.87. The largest absolute Gasteiger partial charge is 0.319 e. The topological polar surface area (TPSA) is 77.1 Å². The number of carbonyl (C=O) groups excluding carboxylic acids is 1. The van der Waals surface area contributed by atoms with Crippen molar-refractivity contribution in [2.75, 3.05) is 5.32 Å². The van der Waals surface area contributed by atoms with Crippen molar-refractivity contribution in [1.82, 2.24) is 24.4 Å². The third kappa shape index (κ3) is 3.36. The molecule has 1 amide bonds. The summed E-state index contributed by atoms with van der Waals surface area (Å²) in [6, 6.07) is 1.78. The minimum absolute atomic E-state index is 0.0355. The van der Waals surface area contributed by atoms with Gasteiger partial charge in [0.1, 0.15) is 5.56 Å². The lowest BCUT2D eigenvalue weighted by atomic mass is 9.87. The lowest BCUT2D eigenvalue weighted by molar-refractivity contribution is 0.102. The molecule has 3 aromatic rings. The van der Waals surface area contributed by atoms with Crippen molar-refractivity contribution >= 4 is 17.2 Å². The second-order valence-corrected chi connectivity index (χ2v) is 7.42. The Morgan fingerprint density at radius 2 is 2.00 bits per heavy atom. The monoisotopic (exact) mass is 388 g/mol. The van der Waals surface area contributed by atoms with E-state index in [2.05, 4.69) is 27.4 Å². The Kier molecular flexibility index (Phi) is 4.82. The van der Waals surface area contributed by atoms with Gasteiger partial charge in [0.15, 0.2) is 11.3 Å². The number of carbonyl (C=O) groups is 1. The first-order chi connectivity index (χ1) is 13.4. The molecular formula is C19H22F2N6O. The molecule has 0 spiro atoms. The zero-order valence-electron chi connectivity index (χ0n) is 15.8. The van der Waals surface area contributed by atoms with Gasteiger partial charge in [0, 0.05) is 18.6 Å². The Morgan fingerprint density at radius 1 is 1.25 bits per heavy atom. The number of hydrogen-bond donors (Lipinski definition) is 1. The number of rotatable bonds is 4. The summed E-state index contributed by atoms with van der Waals surface area (Å²) < 4.78 is 30.2. The van der Waals surface area contributed by atoms with E-state index in [-0.39, 0.29) is 17.3 Å². The number of amides is 1. The fourth-order valence-electron chi connectivity index (χ4n) is 3.80. The Bertz CT molecular complexity index is 1000. The molecule has 148 valence electrons. The molecule has 0 aliphatic heterocycles. The van der Waals surface area contributed by atoms with Crippen LogP contribution in [0.1, 0.15) is 66.8 Å². The second-order valence-electron chi connectivity index (χ2n) is 7.42. The highest BCUT2D eigenvalue weighted by atomic mass is 19.3. The van der Waals surface area contributed by atoms with E-state index in [1.54, 1.807) is 30.1 Å². The normalized spacial score (nSPS) is 20.0. The fraction of sp³-hybridized carbons (Fsp3) is 0.474. The van der Waals surface area contributed by atoms with E-state index in [1.165, 1.54) is 10.7 Å². The Labute approximate surface area is 160 Å². The van der Waals surface area contributed by atoms with E-state index in [9.17, 15) is 13.6 Å². The Morgan fingerprint density at radius 3 is 2.71 bits per heavy atom. The molecule has 0 atom stereocenters. The second kappa shape index (κ2) is 7.29. The van der Waals surface area contributed by atoms with E-state index in [4.69, 9.17) is 0 Å².